The molecule has 3 nitrogen and oxygen atoms in total. The molecule has 0 saturated heterocycles. The Hall–Kier alpha value is -1.11. The summed E-state index contributed by atoms with van der Waals surface area (Å²) >= 11 is 3.33. The zero-order valence-corrected chi connectivity index (χ0v) is 12.4. The van der Waals surface area contributed by atoms with Crippen molar-refractivity contribution >= 4 is 21.8 Å². The Labute approximate surface area is 124 Å². The Kier molecular flexibility index (Phi) is 6.98. The summed E-state index contributed by atoms with van der Waals surface area (Å²) in [5, 5.41) is 3.61. The van der Waals surface area contributed by atoms with Crippen LogP contribution >= 0.6 is 15.9 Å². The molecule has 1 heterocycles. The topological polar surface area (TPSA) is 42.0 Å². The zero-order chi connectivity index (χ0) is 15.0. The van der Waals surface area contributed by atoms with Crippen LogP contribution in [0.25, 0.3) is 0 Å². The third-order valence-electron chi connectivity index (χ3n) is 2.67. The maximum Gasteiger partial charge on any atom is 0.417 e. The van der Waals surface area contributed by atoms with Gasteiger partial charge in [0.25, 0.3) is 5.91 Å². The van der Waals surface area contributed by atoms with Crippen LogP contribution in [0.2, 0.25) is 0 Å². The number of alkyl halides is 4. The molecule has 7 heteroatoms. The summed E-state index contributed by atoms with van der Waals surface area (Å²) in [4.78, 5) is 15.2. The molecule has 0 spiro atoms. The molecule has 1 aromatic rings. The van der Waals surface area contributed by atoms with Gasteiger partial charge in [0.1, 0.15) is 5.69 Å². The van der Waals surface area contributed by atoms with E-state index in [0.29, 0.717) is 12.7 Å². The molecular weight excluding hydrogens is 337 g/mol. The number of rotatable bonds is 7. The highest BCUT2D eigenvalue weighted by atomic mass is 79.9. The number of nitrogens with zero attached hydrogens (tertiary/aromatic N) is 1. The highest BCUT2D eigenvalue weighted by Crippen LogP contribution is 2.28. The number of amides is 1. The van der Waals surface area contributed by atoms with Gasteiger partial charge >= 0.3 is 6.18 Å². The van der Waals surface area contributed by atoms with Crippen LogP contribution in [0.1, 0.15) is 41.7 Å². The van der Waals surface area contributed by atoms with Crippen LogP contribution in [-0.2, 0) is 6.18 Å². The number of halogens is 4. The lowest BCUT2D eigenvalue weighted by Gasteiger charge is -2.07. The summed E-state index contributed by atoms with van der Waals surface area (Å²) in [5.41, 5.74) is -0.859. The number of hydrogen-bond donors (Lipinski definition) is 1. The molecule has 0 aliphatic carbocycles. The molecule has 0 atom stereocenters. The number of nitrogens with one attached hydrogen (secondary N) is 1. The second-order valence-electron chi connectivity index (χ2n) is 4.29. The van der Waals surface area contributed by atoms with Gasteiger partial charge in [-0.15, -0.1) is 0 Å². The van der Waals surface area contributed by atoms with Gasteiger partial charge in [-0.05, 0) is 25.0 Å². The van der Waals surface area contributed by atoms with Crippen molar-refractivity contribution in [2.75, 3.05) is 11.9 Å². The summed E-state index contributed by atoms with van der Waals surface area (Å²) in [6, 6.07) is 1.95. The van der Waals surface area contributed by atoms with E-state index in [0.717, 1.165) is 43.1 Å². The van der Waals surface area contributed by atoms with Crippen LogP contribution in [0.15, 0.2) is 18.3 Å². The molecule has 1 aromatic heterocycles. The molecule has 20 heavy (non-hydrogen) atoms. The molecule has 0 radical (unpaired) electrons. The molecule has 0 aromatic carbocycles. The van der Waals surface area contributed by atoms with Crippen LogP contribution in [0, 0.1) is 0 Å². The Morgan fingerprint density at radius 3 is 2.45 bits per heavy atom. The highest BCUT2D eigenvalue weighted by Gasteiger charge is 2.30. The third-order valence-corrected chi connectivity index (χ3v) is 3.23. The van der Waals surface area contributed by atoms with E-state index in [2.05, 4.69) is 26.2 Å². The zero-order valence-electron chi connectivity index (χ0n) is 10.8. The standard InChI is InChI=1S/C13H16BrF3N2O/c14-7-3-1-2-4-8-18-12(20)11-6-5-10(9-19-11)13(15,16)17/h5-6,9H,1-4,7-8H2,(H,18,20). The highest BCUT2D eigenvalue weighted by molar-refractivity contribution is 9.09. The minimum atomic E-state index is -4.43. The van der Waals surface area contributed by atoms with E-state index in [1.54, 1.807) is 0 Å². The van der Waals surface area contributed by atoms with Crippen molar-refractivity contribution in [3.8, 4) is 0 Å². The lowest BCUT2D eigenvalue weighted by atomic mass is 10.2. The van der Waals surface area contributed by atoms with E-state index in [1.807, 2.05) is 0 Å². The number of unbranched alkanes of at least 4 members (excludes halogenated alkanes) is 3. The van der Waals surface area contributed by atoms with E-state index in [-0.39, 0.29) is 5.69 Å². The van der Waals surface area contributed by atoms with Crippen LogP contribution in [0.3, 0.4) is 0 Å². The maximum absolute atomic E-state index is 12.3. The number of carbonyl (C=O) groups excluding carboxylic acids is 1. The molecule has 1 N–H and O–H groups in total. The fourth-order valence-corrected chi connectivity index (χ4v) is 1.96. The van der Waals surface area contributed by atoms with Crippen LogP contribution < -0.4 is 5.32 Å². The van der Waals surface area contributed by atoms with E-state index >= 15 is 0 Å². The lowest BCUT2D eigenvalue weighted by Crippen LogP contribution is -2.25. The molecule has 0 aliphatic heterocycles. The smallest absolute Gasteiger partial charge is 0.351 e. The summed E-state index contributed by atoms with van der Waals surface area (Å²) in [6.45, 7) is 0.504. The van der Waals surface area contributed by atoms with Crippen LogP contribution in [0.5, 0.6) is 0 Å². The van der Waals surface area contributed by atoms with Crippen molar-refractivity contribution in [1.82, 2.24) is 10.3 Å². The van der Waals surface area contributed by atoms with Gasteiger partial charge in [0.05, 0.1) is 5.56 Å². The van der Waals surface area contributed by atoms with Gasteiger partial charge in [0.15, 0.2) is 0 Å². The van der Waals surface area contributed by atoms with Gasteiger partial charge in [0, 0.05) is 18.1 Å². The van der Waals surface area contributed by atoms with Crippen molar-refractivity contribution in [3.05, 3.63) is 29.6 Å². The Bertz CT molecular complexity index is 421. The molecule has 0 aliphatic rings. The van der Waals surface area contributed by atoms with E-state index in [4.69, 9.17) is 0 Å². The molecule has 0 bridgehead atoms. The van der Waals surface area contributed by atoms with Gasteiger partial charge in [0.2, 0.25) is 0 Å². The maximum atomic E-state index is 12.3. The first-order valence-corrected chi connectivity index (χ1v) is 7.44. The van der Waals surface area contributed by atoms with Crippen molar-refractivity contribution in [2.24, 2.45) is 0 Å². The molecule has 112 valence electrons. The second kappa shape index (κ2) is 8.24. The third kappa shape index (κ3) is 5.90. The minimum Gasteiger partial charge on any atom is -0.351 e. The van der Waals surface area contributed by atoms with Crippen molar-refractivity contribution in [3.63, 3.8) is 0 Å². The van der Waals surface area contributed by atoms with E-state index < -0.39 is 17.6 Å². The van der Waals surface area contributed by atoms with Crippen LogP contribution in [0.4, 0.5) is 13.2 Å². The Morgan fingerprint density at radius 2 is 1.90 bits per heavy atom. The van der Waals surface area contributed by atoms with Crippen LogP contribution in [-0.4, -0.2) is 22.8 Å². The number of aromatic nitrogens is 1. The fourth-order valence-electron chi connectivity index (χ4n) is 1.56. The second-order valence-corrected chi connectivity index (χ2v) is 5.08. The summed E-state index contributed by atoms with van der Waals surface area (Å²) in [5.74, 6) is -0.445. The molecule has 0 fully saturated rings. The predicted molar refractivity (Wildman–Crippen MR) is 73.8 cm³/mol. The molecule has 1 amide bonds. The van der Waals surface area contributed by atoms with E-state index in [9.17, 15) is 18.0 Å². The first-order valence-electron chi connectivity index (χ1n) is 6.32. The summed E-state index contributed by atoms with van der Waals surface area (Å²) < 4.78 is 37.0. The van der Waals surface area contributed by atoms with Gasteiger partial charge in [-0.1, -0.05) is 28.8 Å². The van der Waals surface area contributed by atoms with Crippen molar-refractivity contribution < 1.29 is 18.0 Å². The Balaban J connectivity index is 2.37. The average Bonchev–Trinajstić information content (AvgIpc) is 2.41. The summed E-state index contributed by atoms with van der Waals surface area (Å²) in [6.07, 6.45) is 0.266. The lowest BCUT2D eigenvalue weighted by molar-refractivity contribution is -0.137. The molecule has 0 unspecified atom stereocenters. The van der Waals surface area contributed by atoms with E-state index in [1.165, 1.54) is 0 Å². The average molecular weight is 353 g/mol. The normalized spacial score (nSPS) is 11.4. The first-order chi connectivity index (χ1) is 9.45. The minimum absolute atomic E-state index is 0.00143. The number of hydrogen-bond acceptors (Lipinski definition) is 2. The van der Waals surface area contributed by atoms with Gasteiger partial charge in [-0.3, -0.25) is 9.78 Å². The largest absolute Gasteiger partial charge is 0.417 e. The number of carbonyl (C=O) groups is 1. The van der Waals surface area contributed by atoms with Gasteiger partial charge < -0.3 is 5.32 Å². The number of pyridine rings is 1. The summed E-state index contributed by atoms with van der Waals surface area (Å²) in [7, 11) is 0. The first kappa shape index (κ1) is 16.9. The monoisotopic (exact) mass is 352 g/mol. The SMILES string of the molecule is O=C(NCCCCCCBr)c1ccc(C(F)(F)F)cn1. The van der Waals surface area contributed by atoms with Crippen molar-refractivity contribution in [2.45, 2.75) is 31.9 Å². The van der Waals surface area contributed by atoms with Gasteiger partial charge in [-0.2, -0.15) is 13.2 Å². The molecular formula is C13H16BrF3N2O. The van der Waals surface area contributed by atoms with Gasteiger partial charge in [-0.25, -0.2) is 0 Å². The Morgan fingerprint density at radius 1 is 1.20 bits per heavy atom. The predicted octanol–water partition coefficient (Wildman–Crippen LogP) is 3.79. The molecule has 0 saturated carbocycles. The van der Waals surface area contributed by atoms with Crippen molar-refractivity contribution in [1.29, 1.82) is 0 Å². The quantitative estimate of drug-likeness (QED) is 0.599. The molecule has 1 rings (SSSR count). The fraction of sp³-hybridized carbons (Fsp3) is 0.538.